The van der Waals surface area contributed by atoms with E-state index < -0.39 is 0 Å². The molecule has 0 radical (unpaired) electrons. The molecule has 0 saturated carbocycles. The van der Waals surface area contributed by atoms with E-state index in [2.05, 4.69) is 82.0 Å². The summed E-state index contributed by atoms with van der Waals surface area (Å²) in [7, 11) is 0. The predicted molar refractivity (Wildman–Crippen MR) is 138 cm³/mol. The molecule has 0 spiro atoms. The smallest absolute Gasteiger partial charge is 0.0486 e. The van der Waals surface area contributed by atoms with Crippen LogP contribution in [-0.4, -0.2) is 27.5 Å². The van der Waals surface area contributed by atoms with Gasteiger partial charge in [-0.05, 0) is 60.7 Å². The van der Waals surface area contributed by atoms with Crippen molar-refractivity contribution in [2.75, 3.05) is 13.1 Å². The largest absolute Gasteiger partial charge is 0.344 e. The lowest BCUT2D eigenvalue weighted by atomic mass is 10.0. The van der Waals surface area contributed by atoms with Gasteiger partial charge in [0.2, 0.25) is 0 Å². The second-order valence-corrected chi connectivity index (χ2v) is 8.46. The van der Waals surface area contributed by atoms with Crippen LogP contribution in [-0.2, 0) is 32.4 Å². The molecule has 5 rings (SSSR count). The van der Waals surface area contributed by atoms with E-state index in [0.717, 1.165) is 45.4 Å². The van der Waals surface area contributed by atoms with Crippen molar-refractivity contribution in [1.29, 1.82) is 0 Å². The Hall–Kier alpha value is -2.33. The Kier molecular flexibility index (Phi) is 8.36. The van der Waals surface area contributed by atoms with E-state index in [4.69, 9.17) is 0 Å². The molecule has 3 heterocycles. The minimum atomic E-state index is 0. The van der Waals surface area contributed by atoms with Gasteiger partial charge in [0.05, 0.1) is 0 Å². The van der Waals surface area contributed by atoms with Gasteiger partial charge in [-0.25, -0.2) is 0 Å². The van der Waals surface area contributed by atoms with E-state index in [1.165, 1.54) is 27.6 Å². The van der Waals surface area contributed by atoms with Crippen molar-refractivity contribution in [3.63, 3.8) is 0 Å². The summed E-state index contributed by atoms with van der Waals surface area (Å²) in [5.74, 6) is 0. The molecule has 0 unspecified atom stereocenters. The molecular formula is C27H31Cl2N3. The molecule has 3 nitrogen and oxygen atoms in total. The van der Waals surface area contributed by atoms with Crippen LogP contribution < -0.4 is 0 Å². The molecule has 168 valence electrons. The lowest BCUT2D eigenvalue weighted by Crippen LogP contribution is -2.32. The maximum Gasteiger partial charge on any atom is 0.0486 e. The van der Waals surface area contributed by atoms with Gasteiger partial charge >= 0.3 is 0 Å². The lowest BCUT2D eigenvalue weighted by Gasteiger charge is -2.28. The first-order chi connectivity index (χ1) is 14.8. The van der Waals surface area contributed by atoms with Gasteiger partial charge in [0.25, 0.3) is 0 Å². The Morgan fingerprint density at radius 3 is 2.34 bits per heavy atom. The maximum absolute atomic E-state index is 4.14. The molecule has 4 aromatic rings. The van der Waals surface area contributed by atoms with Gasteiger partial charge in [0.15, 0.2) is 0 Å². The average molecular weight is 468 g/mol. The molecule has 1 aliphatic heterocycles. The predicted octanol–water partition coefficient (Wildman–Crippen LogP) is 6.03. The quantitative estimate of drug-likeness (QED) is 0.345. The molecular weight excluding hydrogens is 437 g/mol. The highest BCUT2D eigenvalue weighted by atomic mass is 35.5. The van der Waals surface area contributed by atoms with Crippen LogP contribution in [0.5, 0.6) is 0 Å². The van der Waals surface area contributed by atoms with Crippen LogP contribution in [0.2, 0.25) is 0 Å². The van der Waals surface area contributed by atoms with E-state index in [9.17, 15) is 0 Å². The minimum Gasteiger partial charge on any atom is -0.344 e. The second kappa shape index (κ2) is 11.0. The van der Waals surface area contributed by atoms with E-state index in [0.29, 0.717) is 0 Å². The Morgan fingerprint density at radius 1 is 0.844 bits per heavy atom. The Morgan fingerprint density at radius 2 is 1.56 bits per heavy atom. The van der Waals surface area contributed by atoms with Gasteiger partial charge in [-0.3, -0.25) is 9.88 Å². The Bertz CT molecular complexity index is 1140. The summed E-state index contributed by atoms with van der Waals surface area (Å²) in [6.45, 7) is 6.55. The minimum absolute atomic E-state index is 0. The molecule has 1 aliphatic rings. The molecule has 0 N–H and O–H groups in total. The molecule has 0 bridgehead atoms. The van der Waals surface area contributed by atoms with Gasteiger partial charge in [-0.2, -0.15) is 0 Å². The van der Waals surface area contributed by atoms with Crippen molar-refractivity contribution < 1.29 is 0 Å². The molecule has 5 heteroatoms. The summed E-state index contributed by atoms with van der Waals surface area (Å²) in [6.07, 6.45) is 7.09. The number of fused-ring (bicyclic) bond motifs is 3. The van der Waals surface area contributed by atoms with Crippen LogP contribution in [0.4, 0.5) is 0 Å². The summed E-state index contributed by atoms with van der Waals surface area (Å²) < 4.78 is 2.59. The third-order valence-corrected chi connectivity index (χ3v) is 6.42. The van der Waals surface area contributed by atoms with Crippen molar-refractivity contribution in [3.05, 3.63) is 101 Å². The fourth-order valence-corrected chi connectivity index (χ4v) is 4.79. The van der Waals surface area contributed by atoms with Crippen molar-refractivity contribution in [2.24, 2.45) is 0 Å². The molecule has 0 saturated heterocycles. The zero-order valence-corrected chi connectivity index (χ0v) is 20.2. The molecule has 0 amide bonds. The maximum atomic E-state index is 4.14. The number of halogens is 2. The second-order valence-electron chi connectivity index (χ2n) is 8.46. The zero-order valence-electron chi connectivity index (χ0n) is 18.5. The van der Waals surface area contributed by atoms with Crippen LogP contribution in [0.1, 0.15) is 27.9 Å². The highest BCUT2D eigenvalue weighted by Crippen LogP contribution is 2.32. The summed E-state index contributed by atoms with van der Waals surface area (Å²) in [5.41, 5.74) is 8.62. The van der Waals surface area contributed by atoms with E-state index >= 15 is 0 Å². The molecule has 2 aromatic carbocycles. The first kappa shape index (κ1) is 24.3. The molecule has 0 aliphatic carbocycles. The highest BCUT2D eigenvalue weighted by molar-refractivity contribution is 5.86. The number of rotatable bonds is 6. The number of aryl methyl sites for hydroxylation is 3. The number of pyridine rings is 1. The third kappa shape index (κ3) is 5.17. The number of aromatic nitrogens is 2. The van der Waals surface area contributed by atoms with Crippen LogP contribution in [0.3, 0.4) is 0 Å². The van der Waals surface area contributed by atoms with Crippen molar-refractivity contribution in [2.45, 2.75) is 39.3 Å². The van der Waals surface area contributed by atoms with Crippen molar-refractivity contribution >= 4 is 35.7 Å². The summed E-state index contributed by atoms with van der Waals surface area (Å²) in [4.78, 5) is 6.76. The van der Waals surface area contributed by atoms with Gasteiger partial charge < -0.3 is 4.57 Å². The number of benzene rings is 2. The first-order valence-corrected chi connectivity index (χ1v) is 11.0. The third-order valence-electron chi connectivity index (χ3n) is 6.42. The number of hydrogen-bond donors (Lipinski definition) is 0. The number of nitrogens with zero attached hydrogens (tertiary/aromatic N) is 3. The summed E-state index contributed by atoms with van der Waals surface area (Å²) >= 11 is 0. The molecule has 0 atom stereocenters. The van der Waals surface area contributed by atoms with Gasteiger partial charge in [-0.1, -0.05) is 42.0 Å². The SMILES string of the molecule is Cc1ccc2c(c1)c1c(n2CCc2ccccc2)CCN(CCc2ccncc2)C1.Cl.Cl. The summed E-state index contributed by atoms with van der Waals surface area (Å²) in [6, 6.07) is 22.1. The van der Waals surface area contributed by atoms with E-state index in [1.54, 1.807) is 11.3 Å². The van der Waals surface area contributed by atoms with Crippen LogP contribution in [0, 0.1) is 6.92 Å². The van der Waals surface area contributed by atoms with Gasteiger partial charge in [-0.15, -0.1) is 24.8 Å². The highest BCUT2D eigenvalue weighted by Gasteiger charge is 2.23. The standard InChI is InChI=1S/C27H29N3.2ClH/c1-21-7-8-26-24(19-21)25-20-29(16-11-23-9-14-28-15-10-23)17-13-27(25)30(26)18-12-22-5-3-2-4-6-22;;/h2-10,14-15,19H,11-13,16-18,20H2,1H3;2*1H. The fraction of sp³-hybridized carbons (Fsp3) is 0.296. The van der Waals surface area contributed by atoms with E-state index in [-0.39, 0.29) is 24.8 Å². The normalized spacial score (nSPS) is 13.3. The fourth-order valence-electron chi connectivity index (χ4n) is 4.79. The average Bonchev–Trinajstić information content (AvgIpc) is 3.10. The Labute approximate surface area is 203 Å². The zero-order chi connectivity index (χ0) is 20.3. The molecule has 2 aromatic heterocycles. The van der Waals surface area contributed by atoms with Crippen molar-refractivity contribution in [1.82, 2.24) is 14.5 Å². The topological polar surface area (TPSA) is 21.1 Å². The summed E-state index contributed by atoms with van der Waals surface area (Å²) in [5, 5.41) is 1.45. The first-order valence-electron chi connectivity index (χ1n) is 11.0. The lowest BCUT2D eigenvalue weighted by molar-refractivity contribution is 0.255. The molecule has 32 heavy (non-hydrogen) atoms. The monoisotopic (exact) mass is 467 g/mol. The van der Waals surface area contributed by atoms with Crippen LogP contribution in [0.25, 0.3) is 10.9 Å². The Balaban J connectivity index is 0.00000144. The van der Waals surface area contributed by atoms with Crippen LogP contribution >= 0.6 is 24.8 Å². The van der Waals surface area contributed by atoms with Crippen molar-refractivity contribution in [3.8, 4) is 0 Å². The van der Waals surface area contributed by atoms with E-state index in [1.807, 2.05) is 12.4 Å². The number of hydrogen-bond acceptors (Lipinski definition) is 2. The van der Waals surface area contributed by atoms with Gasteiger partial charge in [0, 0.05) is 61.6 Å². The van der Waals surface area contributed by atoms with Gasteiger partial charge in [0.1, 0.15) is 0 Å². The molecule has 0 fully saturated rings. The van der Waals surface area contributed by atoms with Crippen LogP contribution in [0.15, 0.2) is 73.1 Å².